The largest absolute Gasteiger partial charge is 0.494 e. The highest BCUT2D eigenvalue weighted by Crippen LogP contribution is 2.46. The molecule has 0 saturated carbocycles. The molecule has 0 spiro atoms. The van der Waals surface area contributed by atoms with Crippen molar-refractivity contribution in [1.82, 2.24) is 0 Å². The lowest BCUT2D eigenvalue weighted by Crippen LogP contribution is -2.10. The predicted molar refractivity (Wildman–Crippen MR) is 68.1 cm³/mol. The Kier molecular flexibility index (Phi) is 5.69. The van der Waals surface area contributed by atoms with Crippen molar-refractivity contribution in [2.75, 3.05) is 19.8 Å². The second-order valence-electron chi connectivity index (χ2n) is 3.26. The Labute approximate surface area is 102 Å². The van der Waals surface area contributed by atoms with E-state index in [9.17, 15) is 4.57 Å². The lowest BCUT2D eigenvalue weighted by atomic mass is 10.3. The van der Waals surface area contributed by atoms with E-state index < -0.39 is 7.60 Å². The van der Waals surface area contributed by atoms with Gasteiger partial charge in [0, 0.05) is 0 Å². The van der Waals surface area contributed by atoms with Crippen LogP contribution in [0, 0.1) is 0 Å². The molecule has 17 heavy (non-hydrogen) atoms. The van der Waals surface area contributed by atoms with Crippen LogP contribution >= 0.6 is 7.60 Å². The SMILES string of the molecule is CCOc1ccc(P(=O)(OCC)OCC)cc1. The van der Waals surface area contributed by atoms with Crippen LogP contribution < -0.4 is 10.0 Å². The third-order valence-electron chi connectivity index (χ3n) is 2.06. The summed E-state index contributed by atoms with van der Waals surface area (Å²) in [4.78, 5) is 0. The van der Waals surface area contributed by atoms with Gasteiger partial charge in [0.15, 0.2) is 0 Å². The Balaban J connectivity index is 2.91. The fourth-order valence-corrected chi connectivity index (χ4v) is 2.98. The van der Waals surface area contributed by atoms with Gasteiger partial charge >= 0.3 is 7.60 Å². The van der Waals surface area contributed by atoms with Crippen molar-refractivity contribution in [3.63, 3.8) is 0 Å². The molecule has 0 heterocycles. The molecular formula is C12H19O4P. The molecule has 96 valence electrons. The van der Waals surface area contributed by atoms with E-state index >= 15 is 0 Å². The zero-order chi connectivity index (χ0) is 12.7. The van der Waals surface area contributed by atoms with Crippen LogP contribution in [-0.4, -0.2) is 19.8 Å². The maximum absolute atomic E-state index is 12.4. The minimum atomic E-state index is -3.17. The highest BCUT2D eigenvalue weighted by molar-refractivity contribution is 7.62. The quantitative estimate of drug-likeness (QED) is 0.705. The van der Waals surface area contributed by atoms with Gasteiger partial charge in [0.2, 0.25) is 0 Å². The van der Waals surface area contributed by atoms with Gasteiger partial charge in [-0.15, -0.1) is 0 Å². The summed E-state index contributed by atoms with van der Waals surface area (Å²) >= 11 is 0. The molecule has 1 rings (SSSR count). The molecule has 4 nitrogen and oxygen atoms in total. The molecule has 5 heteroatoms. The molecule has 0 amide bonds. The van der Waals surface area contributed by atoms with Crippen molar-refractivity contribution in [2.24, 2.45) is 0 Å². The van der Waals surface area contributed by atoms with Crippen molar-refractivity contribution in [3.05, 3.63) is 24.3 Å². The molecule has 0 aromatic heterocycles. The topological polar surface area (TPSA) is 44.8 Å². The Morgan fingerprint density at radius 1 is 0.941 bits per heavy atom. The first-order valence-electron chi connectivity index (χ1n) is 5.78. The van der Waals surface area contributed by atoms with Crippen LogP contribution in [-0.2, 0) is 13.6 Å². The van der Waals surface area contributed by atoms with Gasteiger partial charge in [-0.25, -0.2) is 0 Å². The molecule has 0 aliphatic carbocycles. The Hall–Kier alpha value is -0.830. The van der Waals surface area contributed by atoms with E-state index in [-0.39, 0.29) is 0 Å². The maximum atomic E-state index is 12.4. The van der Waals surface area contributed by atoms with Crippen LogP contribution in [0.2, 0.25) is 0 Å². The summed E-state index contributed by atoms with van der Waals surface area (Å²) in [7, 11) is -3.17. The highest BCUT2D eigenvalue weighted by atomic mass is 31.2. The number of ether oxygens (including phenoxy) is 1. The van der Waals surface area contributed by atoms with Gasteiger partial charge < -0.3 is 13.8 Å². The maximum Gasteiger partial charge on any atom is 0.361 e. The molecule has 0 unspecified atom stereocenters. The molecule has 0 saturated heterocycles. The monoisotopic (exact) mass is 258 g/mol. The van der Waals surface area contributed by atoms with Crippen molar-refractivity contribution in [3.8, 4) is 5.75 Å². The van der Waals surface area contributed by atoms with Crippen LogP contribution in [0.5, 0.6) is 5.75 Å². The number of hydrogen-bond donors (Lipinski definition) is 0. The number of benzene rings is 1. The molecule has 0 radical (unpaired) electrons. The van der Waals surface area contributed by atoms with Crippen molar-refractivity contribution in [2.45, 2.75) is 20.8 Å². The molecule has 0 N–H and O–H groups in total. The second kappa shape index (κ2) is 6.80. The van der Waals surface area contributed by atoms with Gasteiger partial charge in [0.1, 0.15) is 5.75 Å². The third-order valence-corrected chi connectivity index (χ3v) is 4.19. The molecular weight excluding hydrogens is 239 g/mol. The minimum Gasteiger partial charge on any atom is -0.494 e. The van der Waals surface area contributed by atoms with E-state index in [0.717, 1.165) is 5.75 Å². The molecule has 0 atom stereocenters. The van der Waals surface area contributed by atoms with E-state index in [1.54, 1.807) is 38.1 Å². The van der Waals surface area contributed by atoms with Crippen molar-refractivity contribution >= 4 is 12.9 Å². The fourth-order valence-electron chi connectivity index (χ4n) is 1.42. The summed E-state index contributed by atoms with van der Waals surface area (Å²) in [6.45, 7) is 6.81. The predicted octanol–water partition coefficient (Wildman–Crippen LogP) is 2.98. The third kappa shape index (κ3) is 3.84. The molecule has 0 aliphatic heterocycles. The van der Waals surface area contributed by atoms with Gasteiger partial charge in [0.25, 0.3) is 0 Å². The second-order valence-corrected chi connectivity index (χ2v) is 5.29. The molecule has 1 aromatic rings. The number of rotatable bonds is 7. The summed E-state index contributed by atoms with van der Waals surface area (Å²) in [6.07, 6.45) is 0. The van der Waals surface area contributed by atoms with Crippen LogP contribution in [0.4, 0.5) is 0 Å². The first-order valence-corrected chi connectivity index (χ1v) is 7.33. The summed E-state index contributed by atoms with van der Waals surface area (Å²) in [5, 5.41) is 0.560. The summed E-state index contributed by atoms with van der Waals surface area (Å²) in [6, 6.07) is 6.97. The Bertz CT molecular complexity index is 365. The molecule has 0 bridgehead atoms. The first kappa shape index (κ1) is 14.2. The summed E-state index contributed by atoms with van der Waals surface area (Å²) in [5.41, 5.74) is 0. The van der Waals surface area contributed by atoms with Crippen molar-refractivity contribution < 1.29 is 18.3 Å². The van der Waals surface area contributed by atoms with Gasteiger partial charge in [-0.1, -0.05) is 0 Å². The lowest BCUT2D eigenvalue weighted by Gasteiger charge is -2.17. The first-order chi connectivity index (χ1) is 8.16. The summed E-state index contributed by atoms with van der Waals surface area (Å²) < 4.78 is 28.2. The van der Waals surface area contributed by atoms with E-state index in [4.69, 9.17) is 13.8 Å². The van der Waals surface area contributed by atoms with Gasteiger partial charge in [0.05, 0.1) is 25.1 Å². The zero-order valence-corrected chi connectivity index (χ0v) is 11.4. The zero-order valence-electron chi connectivity index (χ0n) is 10.5. The Morgan fingerprint density at radius 3 is 1.88 bits per heavy atom. The summed E-state index contributed by atoms with van der Waals surface area (Å²) in [5.74, 6) is 0.746. The molecule has 0 aliphatic rings. The standard InChI is InChI=1S/C12H19O4P/c1-4-14-11-7-9-12(10-8-11)17(13,15-5-2)16-6-3/h7-10H,4-6H2,1-3H3. The van der Waals surface area contributed by atoms with Crippen LogP contribution in [0.15, 0.2) is 24.3 Å². The average molecular weight is 258 g/mol. The van der Waals surface area contributed by atoms with Gasteiger partial charge in [-0.3, -0.25) is 4.57 Å². The lowest BCUT2D eigenvalue weighted by molar-refractivity contribution is 0.230. The van der Waals surface area contributed by atoms with Gasteiger partial charge in [-0.05, 0) is 45.0 Å². The fraction of sp³-hybridized carbons (Fsp3) is 0.500. The van der Waals surface area contributed by atoms with E-state index in [1.807, 2.05) is 6.92 Å². The normalized spacial score (nSPS) is 11.5. The molecule has 0 fully saturated rings. The highest BCUT2D eigenvalue weighted by Gasteiger charge is 2.26. The Morgan fingerprint density at radius 2 is 1.47 bits per heavy atom. The van der Waals surface area contributed by atoms with E-state index in [2.05, 4.69) is 0 Å². The smallest absolute Gasteiger partial charge is 0.361 e. The minimum absolute atomic E-state index is 0.352. The average Bonchev–Trinajstić information content (AvgIpc) is 2.31. The van der Waals surface area contributed by atoms with Crippen molar-refractivity contribution in [1.29, 1.82) is 0 Å². The molecule has 1 aromatic carbocycles. The van der Waals surface area contributed by atoms with Crippen LogP contribution in [0.1, 0.15) is 20.8 Å². The van der Waals surface area contributed by atoms with E-state index in [0.29, 0.717) is 25.1 Å². The van der Waals surface area contributed by atoms with Crippen LogP contribution in [0.25, 0.3) is 0 Å². The van der Waals surface area contributed by atoms with Crippen LogP contribution in [0.3, 0.4) is 0 Å². The number of hydrogen-bond acceptors (Lipinski definition) is 4. The van der Waals surface area contributed by atoms with Gasteiger partial charge in [-0.2, -0.15) is 0 Å². The van der Waals surface area contributed by atoms with E-state index in [1.165, 1.54) is 0 Å².